The highest BCUT2D eigenvalue weighted by Crippen LogP contribution is 2.37. The molecule has 3 aromatic rings. The molecule has 8 heteroatoms. The molecule has 5 rings (SSSR count). The second kappa shape index (κ2) is 9.42. The number of rotatable bonds is 7. The van der Waals surface area contributed by atoms with Gasteiger partial charge in [-0.05, 0) is 59.7 Å². The van der Waals surface area contributed by atoms with Gasteiger partial charge in [0.15, 0.2) is 28.8 Å². The monoisotopic (exact) mass is 474 g/mol. The molecule has 0 atom stereocenters. The highest BCUT2D eigenvalue weighted by atomic mass is 16.7. The van der Waals surface area contributed by atoms with Crippen LogP contribution in [0.25, 0.3) is 5.57 Å². The molecule has 35 heavy (non-hydrogen) atoms. The number of benzene rings is 3. The van der Waals surface area contributed by atoms with Crippen molar-refractivity contribution in [1.82, 2.24) is 0 Å². The highest BCUT2D eigenvalue weighted by molar-refractivity contribution is 6.26. The fraction of sp³-hybridized carbons (Fsp3) is 0.185. The van der Waals surface area contributed by atoms with E-state index in [-0.39, 0.29) is 24.4 Å². The fourth-order valence-corrected chi connectivity index (χ4v) is 4.08. The quantitative estimate of drug-likeness (QED) is 0.403. The molecule has 2 heterocycles. The lowest BCUT2D eigenvalue weighted by atomic mass is 9.89. The minimum absolute atomic E-state index is 0.0553. The summed E-state index contributed by atoms with van der Waals surface area (Å²) in [6.07, 6.45) is 0.0670. The van der Waals surface area contributed by atoms with Gasteiger partial charge < -0.3 is 28.8 Å². The van der Waals surface area contributed by atoms with Crippen molar-refractivity contribution in [3.05, 3.63) is 82.9 Å². The van der Waals surface area contributed by atoms with Crippen LogP contribution in [-0.4, -0.2) is 44.0 Å². The molecule has 0 fully saturated rings. The van der Waals surface area contributed by atoms with Crippen LogP contribution in [0.4, 0.5) is 0 Å². The van der Waals surface area contributed by atoms with Crippen LogP contribution in [-0.2, 0) is 11.2 Å². The van der Waals surface area contributed by atoms with Gasteiger partial charge in [0.1, 0.15) is 19.0 Å². The molecule has 178 valence electrons. The Morgan fingerprint density at radius 1 is 0.800 bits per heavy atom. The number of aliphatic carboxylic acids is 1. The van der Waals surface area contributed by atoms with E-state index in [0.717, 1.165) is 0 Å². The lowest BCUT2D eigenvalue weighted by molar-refractivity contribution is -0.130. The maximum absolute atomic E-state index is 13.7. The molecule has 3 aromatic carbocycles. The normalized spacial score (nSPS) is 14.2. The standard InChI is InChI=1S/C27H22O8/c1-31-19-6-3-17(4-7-19)26(28)20(12-16-2-8-21-23(13-16)33-11-10-32-21)25(27(29)30)18-5-9-22-24(14-18)35-15-34-22/h2-9,13-14H,10-12,15H2,1H3,(H,29,30)/b25-20-. The number of Topliss-reactive ketones (excluding diaryl/α,β-unsaturated/α-hetero) is 1. The number of methoxy groups -OCH3 is 1. The first-order chi connectivity index (χ1) is 17.0. The number of fused-ring (bicyclic) bond motifs is 2. The molecule has 0 bridgehead atoms. The summed E-state index contributed by atoms with van der Waals surface area (Å²) in [7, 11) is 1.53. The summed E-state index contributed by atoms with van der Waals surface area (Å²) in [5.74, 6) is 1.08. The van der Waals surface area contributed by atoms with E-state index in [2.05, 4.69) is 0 Å². The van der Waals surface area contributed by atoms with E-state index in [0.29, 0.717) is 58.7 Å². The predicted molar refractivity (Wildman–Crippen MR) is 126 cm³/mol. The summed E-state index contributed by atoms with van der Waals surface area (Å²) in [5.41, 5.74) is 1.41. The number of hydrogen-bond acceptors (Lipinski definition) is 7. The fourth-order valence-electron chi connectivity index (χ4n) is 4.08. The van der Waals surface area contributed by atoms with Gasteiger partial charge in [-0.3, -0.25) is 4.79 Å². The molecule has 2 aliphatic heterocycles. The van der Waals surface area contributed by atoms with Gasteiger partial charge in [-0.2, -0.15) is 0 Å². The Hall–Kier alpha value is -4.46. The van der Waals surface area contributed by atoms with Crippen LogP contribution >= 0.6 is 0 Å². The summed E-state index contributed by atoms with van der Waals surface area (Å²) in [5, 5.41) is 10.2. The van der Waals surface area contributed by atoms with Crippen molar-refractivity contribution < 1.29 is 38.4 Å². The van der Waals surface area contributed by atoms with Crippen LogP contribution in [0, 0.1) is 0 Å². The zero-order valence-electron chi connectivity index (χ0n) is 18.9. The van der Waals surface area contributed by atoms with Crippen molar-refractivity contribution in [2.75, 3.05) is 27.1 Å². The van der Waals surface area contributed by atoms with Crippen molar-refractivity contribution >= 4 is 17.3 Å². The van der Waals surface area contributed by atoms with E-state index >= 15 is 0 Å². The molecule has 0 spiro atoms. The van der Waals surface area contributed by atoms with Crippen LogP contribution in [0.15, 0.2) is 66.2 Å². The molecule has 0 aliphatic carbocycles. The van der Waals surface area contributed by atoms with E-state index in [1.54, 1.807) is 60.7 Å². The number of carboxylic acids is 1. The SMILES string of the molecule is COc1ccc(C(=O)/C(Cc2ccc3c(c2)OCCO3)=C(\C(=O)O)c2ccc3c(c2)OCO3)cc1. The van der Waals surface area contributed by atoms with Crippen molar-refractivity contribution in [2.45, 2.75) is 6.42 Å². The molecular formula is C27H22O8. The third-order valence-electron chi connectivity index (χ3n) is 5.79. The first kappa shape index (κ1) is 22.3. The number of allylic oxidation sites excluding steroid dienone is 1. The second-order valence-electron chi connectivity index (χ2n) is 7.94. The van der Waals surface area contributed by atoms with Gasteiger partial charge >= 0.3 is 5.97 Å². The number of hydrogen-bond donors (Lipinski definition) is 1. The summed E-state index contributed by atoms with van der Waals surface area (Å²) < 4.78 is 27.2. The summed E-state index contributed by atoms with van der Waals surface area (Å²) in [6.45, 7) is 0.933. The molecule has 0 aromatic heterocycles. The molecule has 8 nitrogen and oxygen atoms in total. The maximum atomic E-state index is 13.7. The third kappa shape index (κ3) is 4.50. The molecule has 1 N–H and O–H groups in total. The number of carbonyl (C=O) groups excluding carboxylic acids is 1. The Morgan fingerprint density at radius 3 is 2.17 bits per heavy atom. The van der Waals surface area contributed by atoms with E-state index in [4.69, 9.17) is 23.7 Å². The van der Waals surface area contributed by atoms with Gasteiger partial charge in [-0.15, -0.1) is 0 Å². The minimum atomic E-state index is -1.22. The summed E-state index contributed by atoms with van der Waals surface area (Å²) in [4.78, 5) is 26.3. The Morgan fingerprint density at radius 2 is 1.43 bits per heavy atom. The Bertz CT molecular complexity index is 1320. The largest absolute Gasteiger partial charge is 0.497 e. The van der Waals surface area contributed by atoms with Crippen LogP contribution < -0.4 is 23.7 Å². The molecule has 0 amide bonds. The van der Waals surface area contributed by atoms with Crippen molar-refractivity contribution in [3.8, 4) is 28.7 Å². The molecule has 0 saturated heterocycles. The number of carboxylic acid groups (broad SMARTS) is 1. The van der Waals surface area contributed by atoms with Gasteiger partial charge in [0.05, 0.1) is 12.7 Å². The summed E-state index contributed by atoms with van der Waals surface area (Å²) >= 11 is 0. The predicted octanol–water partition coefficient (Wildman–Crippen LogP) is 4.16. The number of ether oxygens (including phenoxy) is 5. The summed E-state index contributed by atoms with van der Waals surface area (Å²) in [6, 6.07) is 16.7. The van der Waals surface area contributed by atoms with Crippen LogP contribution in [0.5, 0.6) is 28.7 Å². The Kier molecular flexibility index (Phi) is 6.01. The van der Waals surface area contributed by atoms with Gasteiger partial charge in [-0.1, -0.05) is 12.1 Å². The number of carbonyl (C=O) groups is 2. The van der Waals surface area contributed by atoms with Crippen LogP contribution in [0.3, 0.4) is 0 Å². The molecule has 0 saturated carbocycles. The molecule has 2 aliphatic rings. The first-order valence-corrected chi connectivity index (χ1v) is 11.0. The second-order valence-corrected chi connectivity index (χ2v) is 7.94. The molecule has 0 unspecified atom stereocenters. The maximum Gasteiger partial charge on any atom is 0.336 e. The minimum Gasteiger partial charge on any atom is -0.497 e. The molecule has 0 radical (unpaired) electrons. The molecular weight excluding hydrogens is 452 g/mol. The Balaban J connectivity index is 1.63. The third-order valence-corrected chi connectivity index (χ3v) is 5.79. The average molecular weight is 474 g/mol. The van der Waals surface area contributed by atoms with E-state index < -0.39 is 11.8 Å². The van der Waals surface area contributed by atoms with Gasteiger partial charge in [0, 0.05) is 17.6 Å². The van der Waals surface area contributed by atoms with Crippen molar-refractivity contribution in [3.63, 3.8) is 0 Å². The Labute approximate surface area is 201 Å². The van der Waals surface area contributed by atoms with Gasteiger partial charge in [0.25, 0.3) is 0 Å². The lowest BCUT2D eigenvalue weighted by Crippen LogP contribution is -2.16. The van der Waals surface area contributed by atoms with Gasteiger partial charge in [-0.25, -0.2) is 4.79 Å². The number of ketones is 1. The first-order valence-electron chi connectivity index (χ1n) is 11.0. The van der Waals surface area contributed by atoms with Crippen molar-refractivity contribution in [1.29, 1.82) is 0 Å². The van der Waals surface area contributed by atoms with E-state index in [1.807, 2.05) is 0 Å². The smallest absolute Gasteiger partial charge is 0.336 e. The highest BCUT2D eigenvalue weighted by Gasteiger charge is 2.26. The van der Waals surface area contributed by atoms with Crippen molar-refractivity contribution in [2.24, 2.45) is 0 Å². The zero-order chi connectivity index (χ0) is 24.4. The zero-order valence-corrected chi connectivity index (χ0v) is 18.9. The lowest BCUT2D eigenvalue weighted by Gasteiger charge is -2.19. The van der Waals surface area contributed by atoms with E-state index in [9.17, 15) is 14.7 Å². The van der Waals surface area contributed by atoms with Gasteiger partial charge in [0.2, 0.25) is 6.79 Å². The van der Waals surface area contributed by atoms with Crippen LogP contribution in [0.2, 0.25) is 0 Å². The van der Waals surface area contributed by atoms with E-state index in [1.165, 1.54) is 7.11 Å². The topological polar surface area (TPSA) is 101 Å². The average Bonchev–Trinajstić information content (AvgIpc) is 3.36. The van der Waals surface area contributed by atoms with Crippen LogP contribution in [0.1, 0.15) is 21.5 Å².